The summed E-state index contributed by atoms with van der Waals surface area (Å²) in [5, 5.41) is 11.9. The van der Waals surface area contributed by atoms with Crippen molar-refractivity contribution in [2.75, 3.05) is 6.54 Å². The Morgan fingerprint density at radius 1 is 1.39 bits per heavy atom. The van der Waals surface area contributed by atoms with Crippen molar-refractivity contribution in [1.82, 2.24) is 5.32 Å². The maximum Gasteiger partial charge on any atom is 0.321 e. The fourth-order valence-electron chi connectivity index (χ4n) is 1.64. The maximum atomic E-state index is 10.9. The lowest BCUT2D eigenvalue weighted by Crippen LogP contribution is -2.42. The largest absolute Gasteiger partial charge is 0.480 e. The molecule has 1 fully saturated rings. The summed E-state index contributed by atoms with van der Waals surface area (Å²) < 4.78 is 0. The van der Waals surface area contributed by atoms with Gasteiger partial charge in [0.2, 0.25) is 0 Å². The molecule has 1 atom stereocenters. The molecule has 1 aliphatic rings. The summed E-state index contributed by atoms with van der Waals surface area (Å²) in [7, 11) is 0. The zero-order chi connectivity index (χ0) is 14.0. The monoisotopic (exact) mass is 249 g/mol. The van der Waals surface area contributed by atoms with Crippen LogP contribution in [-0.4, -0.2) is 23.7 Å². The molecule has 1 saturated heterocycles. The molecule has 2 N–H and O–H groups in total. The summed E-state index contributed by atoms with van der Waals surface area (Å²) in [6.45, 7) is 10.2. The highest BCUT2D eigenvalue weighted by Gasteiger charge is 2.24. The van der Waals surface area contributed by atoms with E-state index in [0.29, 0.717) is 13.0 Å². The molecule has 0 aromatic rings. The van der Waals surface area contributed by atoms with Crippen molar-refractivity contribution in [3.63, 3.8) is 0 Å². The fraction of sp³-hybridized carbons (Fsp3) is 0.400. The summed E-state index contributed by atoms with van der Waals surface area (Å²) >= 11 is 0. The van der Waals surface area contributed by atoms with Gasteiger partial charge in [-0.15, -0.1) is 0 Å². The summed E-state index contributed by atoms with van der Waals surface area (Å²) in [6, 6.07) is -0.492. The average molecular weight is 249 g/mol. The van der Waals surface area contributed by atoms with Gasteiger partial charge in [-0.3, -0.25) is 4.79 Å². The van der Waals surface area contributed by atoms with E-state index in [9.17, 15) is 4.79 Å². The third-order valence-corrected chi connectivity index (χ3v) is 2.48. The quantitative estimate of drug-likeness (QED) is 0.808. The summed E-state index contributed by atoms with van der Waals surface area (Å²) in [4.78, 5) is 10.9. The minimum absolute atomic E-state index is 0.492. The second-order valence-electron chi connectivity index (χ2n) is 3.62. The minimum atomic E-state index is -0.806. The molecule has 1 rings (SSSR count). The van der Waals surface area contributed by atoms with Gasteiger partial charge in [-0.1, -0.05) is 50.8 Å². The minimum Gasteiger partial charge on any atom is -0.480 e. The van der Waals surface area contributed by atoms with Crippen molar-refractivity contribution in [2.24, 2.45) is 0 Å². The maximum absolute atomic E-state index is 10.9. The molecule has 0 saturated carbocycles. The van der Waals surface area contributed by atoms with Crippen LogP contribution in [0, 0.1) is 0 Å². The zero-order valence-corrected chi connectivity index (χ0v) is 11.4. The Bertz CT molecular complexity index is 365. The number of allylic oxidation sites excluding steroid dienone is 5. The van der Waals surface area contributed by atoms with Crippen molar-refractivity contribution < 1.29 is 9.90 Å². The molecule has 1 unspecified atom stereocenters. The zero-order valence-electron chi connectivity index (χ0n) is 11.4. The second kappa shape index (κ2) is 9.42. The molecule has 18 heavy (non-hydrogen) atoms. The van der Waals surface area contributed by atoms with Gasteiger partial charge < -0.3 is 10.4 Å². The van der Waals surface area contributed by atoms with Crippen molar-refractivity contribution >= 4 is 5.97 Å². The predicted octanol–water partition coefficient (Wildman–Crippen LogP) is 3.07. The SMILES string of the molecule is C=C/C=C1/CC(C(=O)O)NC/C1=C/C=C\C.CC. The van der Waals surface area contributed by atoms with E-state index in [2.05, 4.69) is 11.9 Å². The Morgan fingerprint density at radius 2 is 2.06 bits per heavy atom. The lowest BCUT2D eigenvalue weighted by Gasteiger charge is -2.25. The van der Waals surface area contributed by atoms with Crippen molar-refractivity contribution in [3.8, 4) is 0 Å². The van der Waals surface area contributed by atoms with E-state index in [1.165, 1.54) is 0 Å². The van der Waals surface area contributed by atoms with Gasteiger partial charge in [-0.05, 0) is 24.5 Å². The van der Waals surface area contributed by atoms with Crippen LogP contribution in [0.25, 0.3) is 0 Å². The number of carbonyl (C=O) groups is 1. The molecule has 0 aromatic heterocycles. The van der Waals surface area contributed by atoms with Crippen LogP contribution in [0.3, 0.4) is 0 Å². The molecule has 0 aliphatic carbocycles. The van der Waals surface area contributed by atoms with E-state index in [-0.39, 0.29) is 0 Å². The molecule has 1 aliphatic heterocycles. The van der Waals surface area contributed by atoms with Gasteiger partial charge in [0.1, 0.15) is 6.04 Å². The normalized spacial score (nSPS) is 23.8. The van der Waals surface area contributed by atoms with E-state index in [0.717, 1.165) is 11.1 Å². The van der Waals surface area contributed by atoms with Gasteiger partial charge in [-0.2, -0.15) is 0 Å². The van der Waals surface area contributed by atoms with Gasteiger partial charge in [0.25, 0.3) is 0 Å². The summed E-state index contributed by atoms with van der Waals surface area (Å²) in [5.41, 5.74) is 2.16. The Kier molecular flexibility index (Phi) is 8.58. The van der Waals surface area contributed by atoms with Gasteiger partial charge >= 0.3 is 5.97 Å². The van der Waals surface area contributed by atoms with Crippen molar-refractivity contribution in [1.29, 1.82) is 0 Å². The van der Waals surface area contributed by atoms with E-state index in [1.54, 1.807) is 6.08 Å². The Hall–Kier alpha value is -1.61. The molecule has 0 aromatic carbocycles. The van der Waals surface area contributed by atoms with Crippen LogP contribution < -0.4 is 5.32 Å². The molecule has 0 radical (unpaired) electrons. The van der Waals surface area contributed by atoms with Gasteiger partial charge in [0.05, 0.1) is 0 Å². The standard InChI is InChI=1S/C13H17NO2.C2H6/c1-3-5-7-11-9-14-12(13(15)16)8-10(11)6-4-2;1-2/h3-7,12,14H,2,8-9H2,1H3,(H,15,16);1-2H3/b5-3-,10-6-,11-7-;. The number of hydrogen-bond acceptors (Lipinski definition) is 2. The third-order valence-electron chi connectivity index (χ3n) is 2.48. The average Bonchev–Trinajstić information content (AvgIpc) is 2.39. The van der Waals surface area contributed by atoms with Crippen LogP contribution in [0.4, 0.5) is 0 Å². The molecule has 1 heterocycles. The molecule has 0 spiro atoms. The topological polar surface area (TPSA) is 49.3 Å². The molecule has 100 valence electrons. The number of nitrogens with one attached hydrogen (secondary N) is 1. The van der Waals surface area contributed by atoms with Crippen LogP contribution in [0.1, 0.15) is 27.2 Å². The highest BCUT2D eigenvalue weighted by Crippen LogP contribution is 2.21. The molecular formula is C15H23NO2. The van der Waals surface area contributed by atoms with Gasteiger partial charge in [0, 0.05) is 6.54 Å². The first-order valence-electron chi connectivity index (χ1n) is 6.29. The first kappa shape index (κ1) is 16.4. The van der Waals surface area contributed by atoms with E-state index < -0.39 is 12.0 Å². The van der Waals surface area contributed by atoms with E-state index in [1.807, 2.05) is 45.1 Å². The third kappa shape index (κ3) is 5.15. The highest BCUT2D eigenvalue weighted by molar-refractivity contribution is 5.75. The number of piperidine rings is 1. The first-order chi connectivity index (χ1) is 8.69. The van der Waals surface area contributed by atoms with Crippen molar-refractivity contribution in [2.45, 2.75) is 33.2 Å². The molecule has 0 bridgehead atoms. The smallest absolute Gasteiger partial charge is 0.321 e. The number of carboxylic acid groups (broad SMARTS) is 1. The molecule has 3 heteroatoms. The van der Waals surface area contributed by atoms with E-state index in [4.69, 9.17) is 5.11 Å². The fourth-order valence-corrected chi connectivity index (χ4v) is 1.64. The number of carboxylic acids is 1. The molecule has 0 amide bonds. The van der Waals surface area contributed by atoms with Crippen LogP contribution in [0.15, 0.2) is 48.1 Å². The van der Waals surface area contributed by atoms with E-state index >= 15 is 0 Å². The number of hydrogen-bond donors (Lipinski definition) is 2. The summed E-state index contributed by atoms with van der Waals surface area (Å²) in [5.74, 6) is -0.806. The number of rotatable bonds is 3. The van der Waals surface area contributed by atoms with Crippen LogP contribution in [-0.2, 0) is 4.79 Å². The lowest BCUT2D eigenvalue weighted by molar-refractivity contribution is -0.139. The van der Waals surface area contributed by atoms with Crippen LogP contribution in [0.2, 0.25) is 0 Å². The molecular weight excluding hydrogens is 226 g/mol. The molecule has 3 nitrogen and oxygen atoms in total. The van der Waals surface area contributed by atoms with Gasteiger partial charge in [0.15, 0.2) is 0 Å². The predicted molar refractivity (Wildman–Crippen MR) is 76.6 cm³/mol. The Balaban J connectivity index is 0.00000137. The van der Waals surface area contributed by atoms with Crippen molar-refractivity contribution in [3.05, 3.63) is 48.1 Å². The highest BCUT2D eigenvalue weighted by atomic mass is 16.4. The van der Waals surface area contributed by atoms with Crippen LogP contribution >= 0.6 is 0 Å². The number of aliphatic carboxylic acids is 1. The van der Waals surface area contributed by atoms with Crippen LogP contribution in [0.5, 0.6) is 0 Å². The lowest BCUT2D eigenvalue weighted by atomic mass is 9.93. The Labute approximate surface area is 110 Å². The van der Waals surface area contributed by atoms with Gasteiger partial charge in [-0.25, -0.2) is 0 Å². The second-order valence-corrected chi connectivity index (χ2v) is 3.62. The Morgan fingerprint density at radius 3 is 2.56 bits per heavy atom. The first-order valence-corrected chi connectivity index (χ1v) is 6.29. The summed E-state index contributed by atoms with van der Waals surface area (Å²) in [6.07, 6.45) is 9.98.